The van der Waals surface area contributed by atoms with Crippen LogP contribution in [0.5, 0.6) is 0 Å². The van der Waals surface area contributed by atoms with Crippen LogP contribution in [-0.4, -0.2) is 31.1 Å². The van der Waals surface area contributed by atoms with Gasteiger partial charge in [0.2, 0.25) is 0 Å². The van der Waals surface area contributed by atoms with Gasteiger partial charge in [0, 0.05) is 13.0 Å². The van der Waals surface area contributed by atoms with Crippen LogP contribution in [0.4, 0.5) is 13.2 Å². The van der Waals surface area contributed by atoms with E-state index in [1.54, 1.807) is 24.3 Å². The Bertz CT molecular complexity index is 370. The molecule has 108 valence electrons. The summed E-state index contributed by atoms with van der Waals surface area (Å²) in [6.07, 6.45) is -5.16. The lowest BCUT2D eigenvalue weighted by Gasteiger charge is -2.27. The summed E-state index contributed by atoms with van der Waals surface area (Å²) in [5.41, 5.74) is 5.59. The van der Waals surface area contributed by atoms with E-state index in [2.05, 4.69) is 0 Å². The average Bonchev–Trinajstić information content (AvgIpc) is 2.38. The van der Waals surface area contributed by atoms with Gasteiger partial charge < -0.3 is 15.6 Å². The van der Waals surface area contributed by atoms with Crippen molar-refractivity contribution in [3.05, 3.63) is 35.9 Å². The first kappa shape index (κ1) is 15.9. The lowest BCUT2D eigenvalue weighted by molar-refractivity contribution is -0.138. The molecule has 0 saturated carbocycles. The van der Waals surface area contributed by atoms with E-state index in [1.165, 1.54) is 0 Å². The lowest BCUT2D eigenvalue weighted by Crippen LogP contribution is -2.45. The molecule has 0 bridgehead atoms. The number of rotatable bonds is 7. The highest BCUT2D eigenvalue weighted by atomic mass is 19.4. The van der Waals surface area contributed by atoms with Crippen molar-refractivity contribution in [1.29, 1.82) is 0 Å². The van der Waals surface area contributed by atoms with Crippen molar-refractivity contribution >= 4 is 0 Å². The summed E-state index contributed by atoms with van der Waals surface area (Å²) in [6, 6.07) is 8.85. The van der Waals surface area contributed by atoms with Gasteiger partial charge in [0.05, 0.1) is 18.8 Å². The molecule has 0 aliphatic carbocycles. The van der Waals surface area contributed by atoms with E-state index in [1.807, 2.05) is 6.07 Å². The largest absolute Gasteiger partial charge is 0.394 e. The first-order valence-corrected chi connectivity index (χ1v) is 5.97. The molecule has 0 fully saturated rings. The molecule has 0 aromatic heterocycles. The molecule has 0 aliphatic rings. The van der Waals surface area contributed by atoms with Gasteiger partial charge in [-0.05, 0) is 12.0 Å². The topological polar surface area (TPSA) is 55.5 Å². The Labute approximate surface area is 110 Å². The second kappa shape index (κ2) is 6.88. The molecule has 1 rings (SSSR count). The first-order chi connectivity index (χ1) is 8.87. The molecule has 1 aromatic rings. The number of hydrogen-bond donors (Lipinski definition) is 2. The Morgan fingerprint density at radius 1 is 1.16 bits per heavy atom. The van der Waals surface area contributed by atoms with E-state index >= 15 is 0 Å². The van der Waals surface area contributed by atoms with Crippen molar-refractivity contribution in [2.24, 2.45) is 5.73 Å². The number of hydrogen-bond acceptors (Lipinski definition) is 3. The van der Waals surface area contributed by atoms with Crippen LogP contribution in [0.3, 0.4) is 0 Å². The second-order valence-electron chi connectivity index (χ2n) is 4.45. The summed E-state index contributed by atoms with van der Waals surface area (Å²) in [7, 11) is 0. The zero-order chi connectivity index (χ0) is 14.4. The fourth-order valence-corrected chi connectivity index (χ4v) is 1.62. The van der Waals surface area contributed by atoms with Crippen LogP contribution in [0, 0.1) is 0 Å². The van der Waals surface area contributed by atoms with Gasteiger partial charge in [-0.15, -0.1) is 0 Å². The van der Waals surface area contributed by atoms with Crippen LogP contribution in [0.25, 0.3) is 0 Å². The maximum atomic E-state index is 11.9. The molecule has 0 spiro atoms. The van der Waals surface area contributed by atoms with Gasteiger partial charge in [0.25, 0.3) is 0 Å². The minimum absolute atomic E-state index is 0.0224. The third kappa shape index (κ3) is 5.59. The number of aliphatic hydroxyl groups excluding tert-OH is 1. The Balaban J connectivity index is 2.41. The molecule has 0 saturated heterocycles. The fourth-order valence-electron chi connectivity index (χ4n) is 1.62. The SMILES string of the molecule is NC(CO)(COCCCC(F)(F)F)c1ccccc1. The van der Waals surface area contributed by atoms with E-state index in [4.69, 9.17) is 10.5 Å². The number of alkyl halides is 3. The third-order valence-corrected chi connectivity index (χ3v) is 2.74. The van der Waals surface area contributed by atoms with Crippen molar-refractivity contribution in [2.45, 2.75) is 24.6 Å². The zero-order valence-electron chi connectivity index (χ0n) is 10.5. The van der Waals surface area contributed by atoms with Crippen molar-refractivity contribution in [2.75, 3.05) is 19.8 Å². The molecule has 0 amide bonds. The molecule has 0 radical (unpaired) electrons. The van der Waals surface area contributed by atoms with Gasteiger partial charge in [-0.2, -0.15) is 13.2 Å². The highest BCUT2D eigenvalue weighted by Crippen LogP contribution is 2.22. The fraction of sp³-hybridized carbons (Fsp3) is 0.538. The minimum Gasteiger partial charge on any atom is -0.394 e. The summed E-state index contributed by atoms with van der Waals surface area (Å²) < 4.78 is 40.9. The molecule has 3 nitrogen and oxygen atoms in total. The van der Waals surface area contributed by atoms with Gasteiger partial charge in [-0.25, -0.2) is 0 Å². The molecule has 19 heavy (non-hydrogen) atoms. The highest BCUT2D eigenvalue weighted by molar-refractivity contribution is 5.24. The Hall–Kier alpha value is -1.11. The predicted molar refractivity (Wildman–Crippen MR) is 65.5 cm³/mol. The quantitative estimate of drug-likeness (QED) is 0.751. The van der Waals surface area contributed by atoms with Crippen LogP contribution in [0.15, 0.2) is 30.3 Å². The third-order valence-electron chi connectivity index (χ3n) is 2.74. The maximum absolute atomic E-state index is 11.9. The van der Waals surface area contributed by atoms with E-state index in [-0.39, 0.29) is 26.2 Å². The van der Waals surface area contributed by atoms with Crippen molar-refractivity contribution < 1.29 is 23.0 Å². The van der Waals surface area contributed by atoms with Crippen LogP contribution < -0.4 is 5.73 Å². The summed E-state index contributed by atoms with van der Waals surface area (Å²) in [4.78, 5) is 0. The highest BCUT2D eigenvalue weighted by Gasteiger charge is 2.28. The monoisotopic (exact) mass is 277 g/mol. The molecular weight excluding hydrogens is 259 g/mol. The summed E-state index contributed by atoms with van der Waals surface area (Å²) >= 11 is 0. The molecule has 1 unspecified atom stereocenters. The minimum atomic E-state index is -4.17. The molecule has 1 aromatic carbocycles. The summed E-state index contributed by atoms with van der Waals surface area (Å²) in [5, 5.41) is 9.34. The lowest BCUT2D eigenvalue weighted by atomic mass is 9.93. The summed E-state index contributed by atoms with van der Waals surface area (Å²) in [6.45, 7) is -0.396. The average molecular weight is 277 g/mol. The zero-order valence-corrected chi connectivity index (χ0v) is 10.5. The van der Waals surface area contributed by atoms with Gasteiger partial charge in [0.15, 0.2) is 0 Å². The summed E-state index contributed by atoms with van der Waals surface area (Å²) in [5.74, 6) is 0. The molecule has 6 heteroatoms. The maximum Gasteiger partial charge on any atom is 0.389 e. The van der Waals surface area contributed by atoms with E-state index < -0.39 is 18.1 Å². The second-order valence-corrected chi connectivity index (χ2v) is 4.45. The standard InChI is InChI=1S/C13H18F3NO2/c14-13(15,16)7-4-8-19-10-12(17,9-18)11-5-2-1-3-6-11/h1-3,5-6,18H,4,7-10,17H2. The smallest absolute Gasteiger partial charge is 0.389 e. The number of aliphatic hydroxyl groups is 1. The van der Waals surface area contributed by atoms with Gasteiger partial charge >= 0.3 is 6.18 Å². The molecule has 1 atom stereocenters. The van der Waals surface area contributed by atoms with Gasteiger partial charge in [-0.1, -0.05) is 30.3 Å². The Morgan fingerprint density at radius 3 is 2.32 bits per heavy atom. The molecule has 3 N–H and O–H groups in total. The Morgan fingerprint density at radius 2 is 1.79 bits per heavy atom. The Kier molecular flexibility index (Phi) is 5.78. The normalized spacial score (nSPS) is 15.2. The van der Waals surface area contributed by atoms with Gasteiger partial charge in [0.1, 0.15) is 0 Å². The van der Waals surface area contributed by atoms with Crippen molar-refractivity contribution in [3.63, 3.8) is 0 Å². The van der Waals surface area contributed by atoms with Crippen LogP contribution in [0.2, 0.25) is 0 Å². The molecule has 0 aliphatic heterocycles. The number of benzene rings is 1. The molecule has 0 heterocycles. The molecular formula is C13H18F3NO2. The number of ether oxygens (including phenoxy) is 1. The van der Waals surface area contributed by atoms with Gasteiger partial charge in [-0.3, -0.25) is 0 Å². The van der Waals surface area contributed by atoms with Crippen molar-refractivity contribution in [3.8, 4) is 0 Å². The van der Waals surface area contributed by atoms with E-state index in [9.17, 15) is 18.3 Å². The number of nitrogens with two attached hydrogens (primary N) is 1. The van der Waals surface area contributed by atoms with E-state index in [0.717, 1.165) is 0 Å². The first-order valence-electron chi connectivity index (χ1n) is 5.97. The number of halogens is 3. The van der Waals surface area contributed by atoms with Crippen LogP contribution >= 0.6 is 0 Å². The van der Waals surface area contributed by atoms with Crippen molar-refractivity contribution in [1.82, 2.24) is 0 Å². The van der Waals surface area contributed by atoms with Crippen LogP contribution in [-0.2, 0) is 10.3 Å². The van der Waals surface area contributed by atoms with E-state index in [0.29, 0.717) is 5.56 Å². The van der Waals surface area contributed by atoms with Crippen LogP contribution in [0.1, 0.15) is 18.4 Å². The predicted octanol–water partition coefficient (Wildman–Crippen LogP) is 2.19.